The lowest BCUT2D eigenvalue weighted by atomic mass is 9.88. The average Bonchev–Trinajstić information content (AvgIpc) is 2.32. The van der Waals surface area contributed by atoms with Gasteiger partial charge in [-0.05, 0) is 63.1 Å². The Bertz CT molecular complexity index is 449. The Balaban J connectivity index is 2.59. The van der Waals surface area contributed by atoms with Crippen molar-refractivity contribution in [1.29, 1.82) is 0 Å². The summed E-state index contributed by atoms with van der Waals surface area (Å²) in [5.74, 6) is 0.256. The van der Waals surface area contributed by atoms with E-state index in [4.69, 9.17) is 10.9 Å². The maximum atomic E-state index is 8.70. The highest BCUT2D eigenvalue weighted by Crippen LogP contribution is 2.26. The summed E-state index contributed by atoms with van der Waals surface area (Å²) in [6, 6.07) is 6.12. The third kappa shape index (κ3) is 4.31. The topological polar surface area (TPSA) is 70.6 Å². The Kier molecular flexibility index (Phi) is 5.71. The van der Waals surface area contributed by atoms with Crippen molar-refractivity contribution in [3.8, 4) is 0 Å². The number of nitrogens with one attached hydrogen (secondary N) is 1. The zero-order valence-electron chi connectivity index (χ0n) is 10.4. The quantitative estimate of drug-likeness (QED) is 0.222. The lowest BCUT2D eigenvalue weighted by Gasteiger charge is -2.23. The standard InChI is InChI=1S/C12H17BrIN3O/c1-12(2,11(15)17-18)5-6-16-10-7-8(14)3-4-9(10)13/h3-4,7,16,18H,5-6H2,1-2H3,(H2,15,17). The van der Waals surface area contributed by atoms with Crippen LogP contribution in [0.15, 0.2) is 27.8 Å². The summed E-state index contributed by atoms with van der Waals surface area (Å²) in [5, 5.41) is 15.1. The third-order valence-corrected chi connectivity index (χ3v) is 4.16. The van der Waals surface area contributed by atoms with Crippen molar-refractivity contribution in [2.45, 2.75) is 20.3 Å². The zero-order chi connectivity index (χ0) is 13.8. The van der Waals surface area contributed by atoms with Crippen LogP contribution in [0.4, 0.5) is 5.69 Å². The molecule has 4 nitrogen and oxygen atoms in total. The molecule has 1 aromatic rings. The molecule has 0 spiro atoms. The average molecular weight is 426 g/mol. The summed E-state index contributed by atoms with van der Waals surface area (Å²) in [4.78, 5) is 0. The second-order valence-electron chi connectivity index (χ2n) is 4.67. The highest BCUT2D eigenvalue weighted by molar-refractivity contribution is 14.1. The first-order chi connectivity index (χ1) is 8.36. The SMILES string of the molecule is CC(C)(CCNc1cc(I)ccc1Br)/C(N)=N/O. The van der Waals surface area contributed by atoms with Crippen molar-refractivity contribution in [3.63, 3.8) is 0 Å². The molecule has 0 aromatic heterocycles. The second kappa shape index (κ2) is 6.60. The molecular formula is C12H17BrIN3O. The normalized spacial score (nSPS) is 12.6. The molecule has 6 heteroatoms. The van der Waals surface area contributed by atoms with Crippen molar-refractivity contribution < 1.29 is 5.21 Å². The Morgan fingerprint density at radius 1 is 1.56 bits per heavy atom. The molecule has 100 valence electrons. The maximum absolute atomic E-state index is 8.70. The highest BCUT2D eigenvalue weighted by Gasteiger charge is 2.22. The molecule has 0 atom stereocenters. The van der Waals surface area contributed by atoms with Crippen LogP contribution in [0.25, 0.3) is 0 Å². The molecule has 1 rings (SSSR count). The minimum Gasteiger partial charge on any atom is -0.409 e. The van der Waals surface area contributed by atoms with E-state index in [0.29, 0.717) is 0 Å². The van der Waals surface area contributed by atoms with E-state index in [1.54, 1.807) is 0 Å². The van der Waals surface area contributed by atoms with Gasteiger partial charge in [-0.1, -0.05) is 19.0 Å². The van der Waals surface area contributed by atoms with Crippen LogP contribution >= 0.6 is 38.5 Å². The first-order valence-corrected chi connectivity index (χ1v) is 7.41. The maximum Gasteiger partial charge on any atom is 0.144 e. The van der Waals surface area contributed by atoms with E-state index in [-0.39, 0.29) is 11.3 Å². The minimum atomic E-state index is -0.323. The third-order valence-electron chi connectivity index (χ3n) is 2.79. The molecule has 0 saturated carbocycles. The minimum absolute atomic E-state index is 0.256. The van der Waals surface area contributed by atoms with Crippen LogP contribution in [0, 0.1) is 8.99 Å². The molecule has 0 saturated heterocycles. The van der Waals surface area contributed by atoms with Gasteiger partial charge in [-0.15, -0.1) is 0 Å². The van der Waals surface area contributed by atoms with E-state index in [1.807, 2.05) is 26.0 Å². The molecule has 0 bridgehead atoms. The molecule has 0 aliphatic carbocycles. The van der Waals surface area contributed by atoms with E-state index in [2.05, 4.69) is 55.1 Å². The highest BCUT2D eigenvalue weighted by atomic mass is 127. The molecule has 1 aromatic carbocycles. The Morgan fingerprint density at radius 2 is 2.22 bits per heavy atom. The van der Waals surface area contributed by atoms with Crippen molar-refractivity contribution in [2.24, 2.45) is 16.3 Å². The molecule has 0 unspecified atom stereocenters. The fraction of sp³-hybridized carbons (Fsp3) is 0.417. The van der Waals surface area contributed by atoms with Crippen molar-refractivity contribution in [3.05, 3.63) is 26.2 Å². The van der Waals surface area contributed by atoms with Crippen molar-refractivity contribution in [2.75, 3.05) is 11.9 Å². The number of amidine groups is 1. The van der Waals surface area contributed by atoms with Crippen molar-refractivity contribution >= 4 is 50.0 Å². The fourth-order valence-electron chi connectivity index (χ4n) is 1.41. The lowest BCUT2D eigenvalue weighted by molar-refractivity contribution is 0.306. The van der Waals surface area contributed by atoms with Crippen LogP contribution in [-0.4, -0.2) is 17.6 Å². The van der Waals surface area contributed by atoms with E-state index < -0.39 is 0 Å². The molecule has 0 fully saturated rings. The van der Waals surface area contributed by atoms with E-state index in [0.717, 1.165) is 23.1 Å². The number of nitrogens with zero attached hydrogens (tertiary/aromatic N) is 1. The summed E-state index contributed by atoms with van der Waals surface area (Å²) >= 11 is 5.77. The van der Waals surface area contributed by atoms with Gasteiger partial charge in [0, 0.05) is 25.7 Å². The van der Waals surface area contributed by atoms with Crippen LogP contribution < -0.4 is 11.1 Å². The lowest BCUT2D eigenvalue weighted by Crippen LogP contribution is -2.33. The number of anilines is 1. The van der Waals surface area contributed by atoms with Gasteiger partial charge in [0.1, 0.15) is 5.84 Å². The van der Waals surface area contributed by atoms with Crippen LogP contribution in [0.5, 0.6) is 0 Å². The largest absolute Gasteiger partial charge is 0.409 e. The van der Waals surface area contributed by atoms with E-state index >= 15 is 0 Å². The number of hydrogen-bond acceptors (Lipinski definition) is 3. The van der Waals surface area contributed by atoms with E-state index in [9.17, 15) is 0 Å². The first kappa shape index (κ1) is 15.6. The monoisotopic (exact) mass is 425 g/mol. The predicted octanol–water partition coefficient (Wildman–Crippen LogP) is 3.63. The Labute approximate surface area is 129 Å². The Hall–Kier alpha value is -0.500. The first-order valence-electron chi connectivity index (χ1n) is 5.54. The van der Waals surface area contributed by atoms with Gasteiger partial charge in [0.2, 0.25) is 0 Å². The molecular weight excluding hydrogens is 409 g/mol. The number of hydrogen-bond donors (Lipinski definition) is 3. The van der Waals surface area contributed by atoms with Crippen LogP contribution in [0.2, 0.25) is 0 Å². The number of rotatable bonds is 5. The summed E-state index contributed by atoms with van der Waals surface area (Å²) in [7, 11) is 0. The Morgan fingerprint density at radius 3 is 2.83 bits per heavy atom. The number of benzene rings is 1. The summed E-state index contributed by atoms with van der Waals surface area (Å²) in [5.41, 5.74) is 6.38. The van der Waals surface area contributed by atoms with Gasteiger partial charge in [-0.2, -0.15) is 0 Å². The van der Waals surface area contributed by atoms with Gasteiger partial charge in [0.25, 0.3) is 0 Å². The molecule has 4 N–H and O–H groups in total. The van der Waals surface area contributed by atoms with E-state index in [1.165, 1.54) is 3.57 Å². The van der Waals surface area contributed by atoms with Gasteiger partial charge >= 0.3 is 0 Å². The van der Waals surface area contributed by atoms with Crippen LogP contribution in [0.1, 0.15) is 20.3 Å². The van der Waals surface area contributed by atoms with Gasteiger partial charge in [0.15, 0.2) is 0 Å². The summed E-state index contributed by atoms with van der Waals surface area (Å²) in [6.45, 7) is 4.66. The van der Waals surface area contributed by atoms with Crippen molar-refractivity contribution in [1.82, 2.24) is 0 Å². The summed E-state index contributed by atoms with van der Waals surface area (Å²) < 4.78 is 2.21. The zero-order valence-corrected chi connectivity index (χ0v) is 14.1. The predicted molar refractivity (Wildman–Crippen MR) is 87.2 cm³/mol. The molecule has 18 heavy (non-hydrogen) atoms. The number of oxime groups is 1. The van der Waals surface area contributed by atoms with Gasteiger partial charge < -0.3 is 16.3 Å². The fourth-order valence-corrected chi connectivity index (χ4v) is 2.28. The van der Waals surface area contributed by atoms with Crippen LogP contribution in [0.3, 0.4) is 0 Å². The molecule has 0 heterocycles. The molecule has 0 amide bonds. The molecule has 0 radical (unpaired) electrons. The van der Waals surface area contributed by atoms with Gasteiger partial charge in [0.05, 0.1) is 0 Å². The number of halogens is 2. The van der Waals surface area contributed by atoms with Crippen LogP contribution in [-0.2, 0) is 0 Å². The molecule has 0 aliphatic heterocycles. The second-order valence-corrected chi connectivity index (χ2v) is 6.77. The summed E-state index contributed by atoms with van der Waals surface area (Å²) in [6.07, 6.45) is 0.779. The number of nitrogens with two attached hydrogens (primary N) is 1. The van der Waals surface area contributed by atoms with Gasteiger partial charge in [-0.3, -0.25) is 0 Å². The van der Waals surface area contributed by atoms with Gasteiger partial charge in [-0.25, -0.2) is 0 Å². The molecule has 0 aliphatic rings. The smallest absolute Gasteiger partial charge is 0.144 e.